The van der Waals surface area contributed by atoms with Crippen LogP contribution in [-0.2, 0) is 17.3 Å². The highest BCUT2D eigenvalue weighted by Gasteiger charge is 2.48. The van der Waals surface area contributed by atoms with Gasteiger partial charge in [0.15, 0.2) is 5.75 Å². The van der Waals surface area contributed by atoms with E-state index in [4.69, 9.17) is 4.74 Å². The first-order chi connectivity index (χ1) is 34.7. The van der Waals surface area contributed by atoms with E-state index in [1.54, 1.807) is 21.6 Å². The van der Waals surface area contributed by atoms with Gasteiger partial charge < -0.3 is 9.64 Å². The van der Waals surface area contributed by atoms with Gasteiger partial charge in [-0.15, -0.1) is 11.8 Å². The van der Waals surface area contributed by atoms with Crippen molar-refractivity contribution >= 4 is 45.7 Å². The lowest BCUT2D eigenvalue weighted by Crippen LogP contribution is -2.55. The number of nitrogens with zero attached hydrogens (tertiary/aromatic N) is 1. The van der Waals surface area contributed by atoms with E-state index in [0.717, 1.165) is 62.9 Å². The van der Waals surface area contributed by atoms with Crippen LogP contribution in [0.25, 0.3) is 4.91 Å². The molecule has 374 valence electrons. The van der Waals surface area contributed by atoms with E-state index in [-0.39, 0.29) is 46.0 Å². The van der Waals surface area contributed by atoms with Gasteiger partial charge in [0.2, 0.25) is 6.71 Å². The van der Waals surface area contributed by atoms with E-state index in [9.17, 15) is 0 Å². The fourth-order valence-corrected chi connectivity index (χ4v) is 15.4. The van der Waals surface area contributed by atoms with E-state index >= 15 is 0 Å². The van der Waals surface area contributed by atoms with Crippen LogP contribution < -0.4 is 20.6 Å². The molecule has 0 saturated carbocycles. The molecule has 4 aromatic carbocycles. The van der Waals surface area contributed by atoms with Crippen molar-refractivity contribution in [2.75, 3.05) is 4.90 Å². The van der Waals surface area contributed by atoms with Crippen LogP contribution in [0.2, 0.25) is 5.82 Å². The summed E-state index contributed by atoms with van der Waals surface area (Å²) in [5.41, 5.74) is 23.2. The van der Waals surface area contributed by atoms with Crippen LogP contribution in [0.4, 0.5) is 11.4 Å². The van der Waals surface area contributed by atoms with Gasteiger partial charge in [-0.1, -0.05) is 203 Å². The maximum atomic E-state index is 7.33. The van der Waals surface area contributed by atoms with Crippen molar-refractivity contribution in [2.45, 2.75) is 168 Å². The highest BCUT2D eigenvalue weighted by Crippen LogP contribution is 2.58. The predicted molar refractivity (Wildman–Crippen MR) is 315 cm³/mol. The molecule has 0 aromatic heterocycles. The summed E-state index contributed by atoms with van der Waals surface area (Å²) in [5, 5.41) is 0.611. The summed E-state index contributed by atoms with van der Waals surface area (Å²) in [6, 6.07) is 31.9. The molecule has 4 aliphatic carbocycles. The molecule has 0 amide bonds. The molecule has 73 heavy (non-hydrogen) atoms. The summed E-state index contributed by atoms with van der Waals surface area (Å²) in [4.78, 5) is 4.29. The van der Waals surface area contributed by atoms with E-state index in [2.05, 4.69) is 227 Å². The van der Waals surface area contributed by atoms with Gasteiger partial charge in [-0.3, -0.25) is 0 Å². The Bertz CT molecular complexity index is 3190. The number of hydrogen-bond acceptors (Lipinski definition) is 3. The molecule has 4 aromatic rings. The Morgan fingerprint density at radius 1 is 0.699 bits per heavy atom. The van der Waals surface area contributed by atoms with Gasteiger partial charge in [0.25, 0.3) is 0 Å². The van der Waals surface area contributed by atoms with Crippen molar-refractivity contribution in [1.82, 2.24) is 0 Å². The van der Waals surface area contributed by atoms with Crippen LogP contribution in [0, 0.1) is 16.7 Å². The second kappa shape index (κ2) is 17.7. The standard InChI is InChI=1S/C69H78BNOS/c1-66(2,3)47-28-24-43(25-29-47)55(44-26-30-48(31-27-44)67(4,5)6)35-42-23-34-57-59(36-42)71(58-21-16-20-54-52-33-32-49(68(7,8)9)41-61(52)72-64(54)58)60-40-50(69(10,11)12)37-46-39-56-53-19-13-14-22-62(53)73-65(56)45-17-15-18-51(38-45)70(57)63(46)60/h13-18,20-21,23-26,28-30,32,36-38,40-41,52-53,55,57,62H,19,22,27,31,33-35,39H2,1-12H3. The zero-order chi connectivity index (χ0) is 50.9. The second-order valence-corrected chi connectivity index (χ2v) is 28.3. The quantitative estimate of drug-likeness (QED) is 0.146. The summed E-state index contributed by atoms with van der Waals surface area (Å²) < 4.78 is 7.33. The number of ether oxygens (including phenoxy) is 1. The zero-order valence-electron chi connectivity index (χ0n) is 46.0. The molecule has 2 bridgehead atoms. The van der Waals surface area contributed by atoms with Crippen molar-refractivity contribution in [3.05, 3.63) is 200 Å². The average Bonchev–Trinajstić information content (AvgIpc) is 3.92. The Hall–Kier alpha value is -5.19. The van der Waals surface area contributed by atoms with Crippen molar-refractivity contribution in [1.29, 1.82) is 0 Å². The SMILES string of the molecule is CC(C)(C)C1=CCC2C(=C1)Oc1c2cccc1N1C2=CC(CC(C3=CC=C(C(C)(C)C)CC3)c3ccc(C(C)(C)C)cc3)=CCC2B2c3cccc(c3)C3=C(Cc4cc(C(C)(C)C)cc1c42)C1CC=CCC1S3. The van der Waals surface area contributed by atoms with Gasteiger partial charge in [0, 0.05) is 38.9 Å². The average molecular weight is 980 g/mol. The smallest absolute Gasteiger partial charge is 0.221 e. The van der Waals surface area contributed by atoms with E-state index < -0.39 is 0 Å². The summed E-state index contributed by atoms with van der Waals surface area (Å²) in [5.74, 6) is 3.45. The lowest BCUT2D eigenvalue weighted by molar-refractivity contribution is 0.415. The normalized spacial score (nSPS) is 23.6. The van der Waals surface area contributed by atoms with Crippen molar-refractivity contribution in [2.24, 2.45) is 16.7 Å². The molecule has 0 N–H and O–H groups in total. The fraction of sp³-hybridized carbons (Fsp3) is 0.420. The van der Waals surface area contributed by atoms with E-state index in [0.29, 0.717) is 11.2 Å². The lowest BCUT2D eigenvalue weighted by atomic mass is 9.30. The van der Waals surface area contributed by atoms with Crippen LogP contribution in [0.3, 0.4) is 0 Å². The molecule has 2 nitrogen and oxygen atoms in total. The van der Waals surface area contributed by atoms with Gasteiger partial charge in [-0.05, 0) is 159 Å². The fourth-order valence-electron chi connectivity index (χ4n) is 13.8. The molecule has 0 spiro atoms. The maximum absolute atomic E-state index is 7.33. The third kappa shape index (κ3) is 8.68. The first-order valence-corrected chi connectivity index (χ1v) is 28.8. The Morgan fingerprint density at radius 3 is 2.19 bits per heavy atom. The van der Waals surface area contributed by atoms with Gasteiger partial charge in [-0.25, -0.2) is 0 Å². The second-order valence-electron chi connectivity index (χ2n) is 27.0. The highest BCUT2D eigenvalue weighted by molar-refractivity contribution is 8.09. The summed E-state index contributed by atoms with van der Waals surface area (Å²) in [7, 11) is 0. The summed E-state index contributed by atoms with van der Waals surface area (Å²) in [6.45, 7) is 28.5. The van der Waals surface area contributed by atoms with Gasteiger partial charge >= 0.3 is 0 Å². The molecular weight excluding hydrogens is 902 g/mol. The summed E-state index contributed by atoms with van der Waals surface area (Å²) >= 11 is 2.17. The Kier molecular flexibility index (Phi) is 11.8. The third-order valence-electron chi connectivity index (χ3n) is 18.1. The molecule has 0 fully saturated rings. The van der Waals surface area contributed by atoms with Crippen molar-refractivity contribution < 1.29 is 4.74 Å². The van der Waals surface area contributed by atoms with Gasteiger partial charge in [0.05, 0.1) is 5.69 Å². The molecule has 5 unspecified atom stereocenters. The van der Waals surface area contributed by atoms with Crippen molar-refractivity contribution in [3.8, 4) is 5.75 Å². The molecule has 0 radical (unpaired) electrons. The molecule has 4 heteroatoms. The minimum Gasteiger partial charge on any atom is -0.459 e. The number of para-hydroxylation sites is 1. The topological polar surface area (TPSA) is 12.5 Å². The van der Waals surface area contributed by atoms with Crippen LogP contribution in [0.15, 0.2) is 167 Å². The number of benzene rings is 4. The summed E-state index contributed by atoms with van der Waals surface area (Å²) in [6.07, 6.45) is 28.5. The molecule has 0 saturated heterocycles. The van der Waals surface area contributed by atoms with Crippen LogP contribution in [-0.4, -0.2) is 12.0 Å². The molecule has 4 heterocycles. The van der Waals surface area contributed by atoms with Crippen LogP contribution in [0.5, 0.6) is 5.75 Å². The number of hydrogen-bond donors (Lipinski definition) is 0. The third-order valence-corrected chi connectivity index (χ3v) is 19.7. The Labute approximate surface area is 443 Å². The minimum atomic E-state index is -0.0575. The first kappa shape index (κ1) is 48.7. The zero-order valence-corrected chi connectivity index (χ0v) is 46.8. The molecular formula is C69H78BNOS. The van der Waals surface area contributed by atoms with E-state index in [1.807, 2.05) is 0 Å². The minimum absolute atomic E-state index is 0.0514. The number of anilines is 2. The lowest BCUT2D eigenvalue weighted by Gasteiger charge is -2.46. The Balaban J connectivity index is 1.06. The van der Waals surface area contributed by atoms with Crippen molar-refractivity contribution in [3.63, 3.8) is 0 Å². The Morgan fingerprint density at radius 2 is 1.47 bits per heavy atom. The number of rotatable bonds is 5. The monoisotopic (exact) mass is 980 g/mol. The molecule has 12 rings (SSSR count). The molecule has 4 aliphatic heterocycles. The van der Waals surface area contributed by atoms with E-state index in [1.165, 1.54) is 72.5 Å². The molecule has 8 aliphatic rings. The van der Waals surface area contributed by atoms with Crippen LogP contribution in [0.1, 0.15) is 173 Å². The number of thioether (sulfide) groups is 1. The van der Waals surface area contributed by atoms with Gasteiger partial charge in [0.1, 0.15) is 5.76 Å². The van der Waals surface area contributed by atoms with Gasteiger partial charge in [-0.2, -0.15) is 0 Å². The maximum Gasteiger partial charge on any atom is 0.221 e. The largest absolute Gasteiger partial charge is 0.459 e. The highest BCUT2D eigenvalue weighted by atomic mass is 32.2. The number of allylic oxidation sites excluding steroid dienone is 15. The first-order valence-electron chi connectivity index (χ1n) is 28.0. The number of fused-ring (bicyclic) bond motifs is 11. The van der Waals surface area contributed by atoms with Crippen LogP contribution >= 0.6 is 11.8 Å². The molecule has 5 atom stereocenters. The predicted octanol–water partition coefficient (Wildman–Crippen LogP) is 17.6.